The molecule has 1 heterocycles. The van der Waals surface area contributed by atoms with E-state index < -0.39 is 11.9 Å². The van der Waals surface area contributed by atoms with Crippen molar-refractivity contribution >= 4 is 29.1 Å². The molecular weight excluding hydrogens is 343 g/mol. The number of anilines is 1. The maximum atomic E-state index is 13.3. The van der Waals surface area contributed by atoms with Crippen LogP contribution in [-0.2, 0) is 4.79 Å². The van der Waals surface area contributed by atoms with Crippen LogP contribution in [0.2, 0.25) is 5.02 Å². The molecule has 4 nitrogen and oxygen atoms in total. The number of amides is 2. The fraction of sp³-hybridized carbons (Fsp3) is 0.263. The lowest BCUT2D eigenvalue weighted by Gasteiger charge is -2.39. The van der Waals surface area contributed by atoms with E-state index in [2.05, 4.69) is 0 Å². The van der Waals surface area contributed by atoms with Gasteiger partial charge in [-0.05, 0) is 43.7 Å². The van der Waals surface area contributed by atoms with Crippen LogP contribution in [0, 0.1) is 12.7 Å². The van der Waals surface area contributed by atoms with Gasteiger partial charge in [-0.2, -0.15) is 0 Å². The largest absolute Gasteiger partial charge is 0.325 e. The molecular formula is C19H18ClFN2O2. The third-order valence-electron chi connectivity index (χ3n) is 4.51. The number of benzene rings is 2. The molecule has 0 aliphatic carbocycles. The minimum atomic E-state index is -0.607. The van der Waals surface area contributed by atoms with Crippen LogP contribution in [-0.4, -0.2) is 35.8 Å². The number of hydrogen-bond donors (Lipinski definition) is 0. The smallest absolute Gasteiger partial charge is 0.254 e. The molecule has 0 unspecified atom stereocenters. The zero-order valence-corrected chi connectivity index (χ0v) is 14.8. The van der Waals surface area contributed by atoms with Gasteiger partial charge in [0.15, 0.2) is 0 Å². The maximum Gasteiger partial charge on any atom is 0.254 e. The summed E-state index contributed by atoms with van der Waals surface area (Å²) in [7, 11) is 0. The molecule has 3 rings (SSSR count). The molecule has 130 valence electrons. The number of carbonyl (C=O) groups is 2. The van der Waals surface area contributed by atoms with Crippen LogP contribution in [0.3, 0.4) is 0 Å². The molecule has 0 bridgehead atoms. The van der Waals surface area contributed by atoms with Crippen LogP contribution in [0.4, 0.5) is 10.1 Å². The third kappa shape index (κ3) is 3.24. The molecule has 1 saturated heterocycles. The molecule has 2 aromatic rings. The van der Waals surface area contributed by atoms with Gasteiger partial charge in [0.25, 0.3) is 5.91 Å². The summed E-state index contributed by atoms with van der Waals surface area (Å²) in [6, 6.07) is 10.9. The predicted molar refractivity (Wildman–Crippen MR) is 95.4 cm³/mol. The highest BCUT2D eigenvalue weighted by molar-refractivity contribution is 6.31. The highest BCUT2D eigenvalue weighted by Crippen LogP contribution is 2.26. The molecule has 2 amide bonds. The number of rotatable bonds is 2. The monoisotopic (exact) mass is 360 g/mol. The van der Waals surface area contributed by atoms with Gasteiger partial charge in [-0.15, -0.1) is 0 Å². The Morgan fingerprint density at radius 1 is 1.20 bits per heavy atom. The van der Waals surface area contributed by atoms with Crippen molar-refractivity contribution in [1.29, 1.82) is 0 Å². The Morgan fingerprint density at radius 2 is 1.92 bits per heavy atom. The third-order valence-corrected chi connectivity index (χ3v) is 4.80. The summed E-state index contributed by atoms with van der Waals surface area (Å²) in [5.41, 5.74) is 2.01. The Bertz CT molecular complexity index is 840. The molecule has 25 heavy (non-hydrogen) atoms. The Hall–Kier alpha value is -2.40. The van der Waals surface area contributed by atoms with E-state index in [0.29, 0.717) is 24.3 Å². The van der Waals surface area contributed by atoms with E-state index >= 15 is 0 Å². The van der Waals surface area contributed by atoms with Crippen LogP contribution in [0.5, 0.6) is 0 Å². The summed E-state index contributed by atoms with van der Waals surface area (Å²) >= 11 is 5.82. The van der Waals surface area contributed by atoms with Crippen molar-refractivity contribution in [3.63, 3.8) is 0 Å². The highest BCUT2D eigenvalue weighted by Gasteiger charge is 2.35. The Labute approximate surface area is 150 Å². The normalized spacial score (nSPS) is 17.8. The van der Waals surface area contributed by atoms with Crippen molar-refractivity contribution in [2.45, 2.75) is 19.9 Å². The van der Waals surface area contributed by atoms with E-state index in [0.717, 1.165) is 5.56 Å². The van der Waals surface area contributed by atoms with Gasteiger partial charge in [0.2, 0.25) is 5.91 Å². The van der Waals surface area contributed by atoms with E-state index in [9.17, 15) is 14.0 Å². The first-order valence-corrected chi connectivity index (χ1v) is 8.41. The van der Waals surface area contributed by atoms with Gasteiger partial charge in [-0.25, -0.2) is 4.39 Å². The number of carbonyl (C=O) groups excluding carboxylic acids is 2. The number of nitrogens with zero attached hydrogens (tertiary/aromatic N) is 2. The second kappa shape index (κ2) is 6.84. The van der Waals surface area contributed by atoms with E-state index in [1.165, 1.54) is 23.1 Å². The minimum absolute atomic E-state index is 0.0311. The first-order chi connectivity index (χ1) is 11.9. The second-order valence-electron chi connectivity index (χ2n) is 6.08. The topological polar surface area (TPSA) is 40.6 Å². The van der Waals surface area contributed by atoms with Gasteiger partial charge in [0, 0.05) is 24.3 Å². The molecule has 0 aromatic heterocycles. The lowest BCUT2D eigenvalue weighted by Crippen LogP contribution is -2.57. The molecule has 1 fully saturated rings. The predicted octanol–water partition coefficient (Wildman–Crippen LogP) is 3.67. The lowest BCUT2D eigenvalue weighted by atomic mass is 10.0. The molecule has 1 aliphatic heterocycles. The highest BCUT2D eigenvalue weighted by atomic mass is 35.5. The molecule has 1 aliphatic rings. The quantitative estimate of drug-likeness (QED) is 0.820. The average Bonchev–Trinajstić information content (AvgIpc) is 2.60. The van der Waals surface area contributed by atoms with Gasteiger partial charge >= 0.3 is 0 Å². The van der Waals surface area contributed by atoms with Crippen molar-refractivity contribution in [1.82, 2.24) is 4.90 Å². The van der Waals surface area contributed by atoms with Gasteiger partial charge in [0.05, 0.1) is 5.02 Å². The maximum absolute atomic E-state index is 13.3. The van der Waals surface area contributed by atoms with Crippen molar-refractivity contribution in [3.8, 4) is 0 Å². The Kier molecular flexibility index (Phi) is 4.77. The van der Waals surface area contributed by atoms with Gasteiger partial charge < -0.3 is 9.80 Å². The molecule has 0 radical (unpaired) electrons. The molecule has 6 heteroatoms. The molecule has 2 aromatic carbocycles. The Balaban J connectivity index is 1.83. The van der Waals surface area contributed by atoms with Crippen molar-refractivity contribution < 1.29 is 14.0 Å². The van der Waals surface area contributed by atoms with Crippen LogP contribution in [0.15, 0.2) is 42.5 Å². The number of piperazine rings is 1. The second-order valence-corrected chi connectivity index (χ2v) is 6.48. The molecule has 1 atom stereocenters. The van der Waals surface area contributed by atoms with Crippen molar-refractivity contribution in [2.24, 2.45) is 0 Å². The van der Waals surface area contributed by atoms with E-state index in [1.54, 1.807) is 17.9 Å². The molecule has 0 N–H and O–H groups in total. The summed E-state index contributed by atoms with van der Waals surface area (Å²) in [6.07, 6.45) is 0. The van der Waals surface area contributed by atoms with Crippen LogP contribution in [0.1, 0.15) is 22.8 Å². The Morgan fingerprint density at radius 3 is 2.60 bits per heavy atom. The van der Waals surface area contributed by atoms with E-state index in [1.807, 2.05) is 25.1 Å². The summed E-state index contributed by atoms with van der Waals surface area (Å²) in [5.74, 6) is -0.897. The van der Waals surface area contributed by atoms with Gasteiger partial charge in [-0.1, -0.05) is 29.8 Å². The number of hydrogen-bond acceptors (Lipinski definition) is 2. The van der Waals surface area contributed by atoms with E-state index in [-0.39, 0.29) is 16.8 Å². The van der Waals surface area contributed by atoms with Gasteiger partial charge in [-0.3, -0.25) is 9.59 Å². The summed E-state index contributed by atoms with van der Waals surface area (Å²) in [6.45, 7) is 4.31. The SMILES string of the molecule is Cc1ccccc1C(=O)N1CCN(c2ccc(F)c(Cl)c2)C(=O)[C@H]1C. The standard InChI is InChI=1S/C19H18ClFN2O2/c1-12-5-3-4-6-15(12)19(25)22-9-10-23(18(24)13(22)2)14-7-8-17(21)16(20)11-14/h3-8,11,13H,9-10H2,1-2H3/t13-/m1/s1. The minimum Gasteiger partial charge on any atom is -0.325 e. The summed E-state index contributed by atoms with van der Waals surface area (Å²) in [4.78, 5) is 28.7. The zero-order valence-electron chi connectivity index (χ0n) is 14.0. The number of aryl methyl sites for hydroxylation is 1. The number of halogens is 2. The zero-order chi connectivity index (χ0) is 18.1. The first kappa shape index (κ1) is 17.4. The summed E-state index contributed by atoms with van der Waals surface area (Å²) < 4.78 is 13.3. The lowest BCUT2D eigenvalue weighted by molar-refractivity contribution is -0.124. The van der Waals surface area contributed by atoms with Crippen molar-refractivity contribution in [2.75, 3.05) is 18.0 Å². The fourth-order valence-electron chi connectivity index (χ4n) is 3.02. The van der Waals surface area contributed by atoms with Crippen LogP contribution >= 0.6 is 11.6 Å². The van der Waals surface area contributed by atoms with Gasteiger partial charge in [0.1, 0.15) is 11.9 Å². The first-order valence-electron chi connectivity index (χ1n) is 8.03. The molecule has 0 spiro atoms. The summed E-state index contributed by atoms with van der Waals surface area (Å²) in [5, 5.41) is -0.0311. The van der Waals surface area contributed by atoms with Crippen LogP contribution < -0.4 is 4.90 Å². The molecule has 0 saturated carbocycles. The van der Waals surface area contributed by atoms with Crippen LogP contribution in [0.25, 0.3) is 0 Å². The van der Waals surface area contributed by atoms with E-state index in [4.69, 9.17) is 11.6 Å². The average molecular weight is 361 g/mol. The van der Waals surface area contributed by atoms with Crippen molar-refractivity contribution in [3.05, 3.63) is 64.4 Å². The fourth-order valence-corrected chi connectivity index (χ4v) is 3.20.